The summed E-state index contributed by atoms with van der Waals surface area (Å²) in [7, 11) is 1.75. The van der Waals surface area contributed by atoms with Gasteiger partial charge in [0.15, 0.2) is 5.96 Å². The molecule has 0 saturated carbocycles. The summed E-state index contributed by atoms with van der Waals surface area (Å²) in [6, 6.07) is 10.1. The number of nitrogens with one attached hydrogen (secondary N) is 1. The Morgan fingerprint density at radius 2 is 2.00 bits per heavy atom. The third-order valence-electron chi connectivity index (χ3n) is 5.33. The van der Waals surface area contributed by atoms with Crippen molar-refractivity contribution in [3.63, 3.8) is 0 Å². The molecular weight excluding hydrogens is 483 g/mol. The summed E-state index contributed by atoms with van der Waals surface area (Å²) in [5, 5.41) is 3.24. The van der Waals surface area contributed by atoms with Crippen molar-refractivity contribution in [3.05, 3.63) is 35.9 Å². The average molecular weight is 516 g/mol. The maximum Gasteiger partial charge on any atom is 0.242 e. The van der Waals surface area contributed by atoms with Gasteiger partial charge < -0.3 is 24.6 Å². The van der Waals surface area contributed by atoms with Crippen LogP contribution in [0.1, 0.15) is 25.3 Å². The Bertz CT molecular complexity index is 653. The van der Waals surface area contributed by atoms with Crippen LogP contribution < -0.4 is 5.32 Å². The van der Waals surface area contributed by atoms with E-state index in [1.54, 1.807) is 7.05 Å². The molecule has 1 amide bonds. The van der Waals surface area contributed by atoms with Crippen molar-refractivity contribution in [3.8, 4) is 0 Å². The second-order valence-corrected chi connectivity index (χ2v) is 7.20. The maximum atomic E-state index is 12.7. The number of nitrogens with zero attached hydrogens (tertiary/aromatic N) is 3. The predicted octanol–water partition coefficient (Wildman–Crippen LogP) is 2.11. The molecule has 1 N–H and O–H groups in total. The monoisotopic (exact) mass is 516 g/mol. The molecule has 2 fully saturated rings. The summed E-state index contributed by atoms with van der Waals surface area (Å²) in [5.41, 5.74) is 1.13. The summed E-state index contributed by atoms with van der Waals surface area (Å²) in [4.78, 5) is 21.1. The molecule has 0 spiro atoms. The van der Waals surface area contributed by atoms with Crippen molar-refractivity contribution in [2.24, 2.45) is 4.99 Å². The van der Waals surface area contributed by atoms with Crippen LogP contribution in [0.15, 0.2) is 35.3 Å². The molecule has 2 heterocycles. The molecule has 0 bridgehead atoms. The molecule has 162 valence electrons. The minimum absolute atomic E-state index is 0. The van der Waals surface area contributed by atoms with Crippen LogP contribution in [0.25, 0.3) is 0 Å². The fourth-order valence-corrected chi connectivity index (χ4v) is 3.77. The van der Waals surface area contributed by atoms with Crippen molar-refractivity contribution in [1.82, 2.24) is 15.1 Å². The average Bonchev–Trinajstić information content (AvgIpc) is 3.28. The van der Waals surface area contributed by atoms with E-state index in [1.165, 1.54) is 0 Å². The van der Waals surface area contributed by atoms with Gasteiger partial charge in [-0.25, -0.2) is 0 Å². The highest BCUT2D eigenvalue weighted by molar-refractivity contribution is 14.0. The molecule has 7 nitrogen and oxygen atoms in total. The normalized spacial score (nSPS) is 22.1. The number of guanidine groups is 1. The van der Waals surface area contributed by atoms with Gasteiger partial charge in [-0.1, -0.05) is 30.3 Å². The highest BCUT2D eigenvalue weighted by Crippen LogP contribution is 2.21. The van der Waals surface area contributed by atoms with Gasteiger partial charge >= 0.3 is 0 Å². The van der Waals surface area contributed by atoms with E-state index in [4.69, 9.17) is 9.47 Å². The number of carbonyl (C=O) groups excluding carboxylic acids is 1. The third-order valence-corrected chi connectivity index (χ3v) is 5.33. The molecule has 8 heteroatoms. The first-order chi connectivity index (χ1) is 13.7. The van der Waals surface area contributed by atoms with Gasteiger partial charge in [-0.15, -0.1) is 24.0 Å². The molecule has 1 aromatic rings. The van der Waals surface area contributed by atoms with Gasteiger partial charge in [-0.2, -0.15) is 0 Å². The number of halogens is 1. The van der Waals surface area contributed by atoms with Crippen molar-refractivity contribution >= 4 is 35.8 Å². The fraction of sp³-hybridized carbons (Fsp3) is 0.619. The van der Waals surface area contributed by atoms with Gasteiger partial charge in [-0.3, -0.25) is 9.79 Å². The van der Waals surface area contributed by atoms with E-state index in [9.17, 15) is 4.79 Å². The van der Waals surface area contributed by atoms with Crippen LogP contribution in [0.2, 0.25) is 0 Å². The largest absolute Gasteiger partial charge is 0.375 e. The molecule has 1 aromatic carbocycles. The SMILES string of the molecule is CCN(Cc1ccccc1)C(=O)CNC(=NC)N1CCOC(C2CCCO2)C1.I. The van der Waals surface area contributed by atoms with Crippen LogP contribution in [0.3, 0.4) is 0 Å². The van der Waals surface area contributed by atoms with Crippen LogP contribution in [0.4, 0.5) is 0 Å². The maximum absolute atomic E-state index is 12.7. The second-order valence-electron chi connectivity index (χ2n) is 7.20. The van der Waals surface area contributed by atoms with Gasteiger partial charge in [0.1, 0.15) is 6.10 Å². The Kier molecular flexibility index (Phi) is 10.2. The molecule has 2 saturated heterocycles. The zero-order valence-corrected chi connectivity index (χ0v) is 19.7. The summed E-state index contributed by atoms with van der Waals surface area (Å²) in [5.74, 6) is 0.812. The first-order valence-corrected chi connectivity index (χ1v) is 10.2. The molecule has 0 radical (unpaired) electrons. The molecular formula is C21H33IN4O3. The lowest BCUT2D eigenvalue weighted by Crippen LogP contribution is -2.54. The van der Waals surface area contributed by atoms with Crippen molar-refractivity contribution < 1.29 is 14.3 Å². The van der Waals surface area contributed by atoms with Gasteiger partial charge in [0, 0.05) is 39.8 Å². The highest BCUT2D eigenvalue weighted by atomic mass is 127. The third kappa shape index (κ3) is 6.82. The van der Waals surface area contributed by atoms with Crippen LogP contribution in [-0.2, 0) is 20.8 Å². The second kappa shape index (κ2) is 12.3. The molecule has 0 aliphatic carbocycles. The number of morpholine rings is 1. The first-order valence-electron chi connectivity index (χ1n) is 10.2. The number of carbonyl (C=O) groups is 1. The fourth-order valence-electron chi connectivity index (χ4n) is 3.77. The lowest BCUT2D eigenvalue weighted by molar-refractivity contribution is -0.130. The van der Waals surface area contributed by atoms with E-state index in [0.29, 0.717) is 19.7 Å². The quantitative estimate of drug-likeness (QED) is 0.357. The number of ether oxygens (including phenoxy) is 2. The van der Waals surface area contributed by atoms with E-state index in [1.807, 2.05) is 42.2 Å². The van der Waals surface area contributed by atoms with Crippen LogP contribution in [-0.4, -0.2) is 80.3 Å². The van der Waals surface area contributed by atoms with Gasteiger partial charge in [0.05, 0.1) is 19.3 Å². The number of likely N-dealkylation sites (N-methyl/N-ethyl adjacent to an activating group) is 1. The highest BCUT2D eigenvalue weighted by Gasteiger charge is 2.32. The minimum Gasteiger partial charge on any atom is -0.375 e. The van der Waals surface area contributed by atoms with E-state index >= 15 is 0 Å². The number of hydrogen-bond acceptors (Lipinski definition) is 4. The van der Waals surface area contributed by atoms with Gasteiger partial charge in [-0.05, 0) is 25.3 Å². The molecule has 2 aliphatic rings. The van der Waals surface area contributed by atoms with Gasteiger partial charge in [0.25, 0.3) is 0 Å². The Hall–Kier alpha value is -1.39. The predicted molar refractivity (Wildman–Crippen MR) is 125 cm³/mol. The zero-order valence-electron chi connectivity index (χ0n) is 17.4. The summed E-state index contributed by atoms with van der Waals surface area (Å²) in [6.07, 6.45) is 2.38. The number of aliphatic imine (C=N–C) groups is 1. The van der Waals surface area contributed by atoms with E-state index in [-0.39, 0.29) is 48.6 Å². The van der Waals surface area contributed by atoms with E-state index in [2.05, 4.69) is 15.2 Å². The lowest BCUT2D eigenvalue weighted by atomic mass is 10.1. The Morgan fingerprint density at radius 1 is 1.24 bits per heavy atom. The number of benzene rings is 1. The molecule has 2 unspecified atom stereocenters. The Balaban J connectivity index is 0.00000300. The molecule has 2 atom stereocenters. The number of amides is 1. The number of rotatable bonds is 6. The summed E-state index contributed by atoms with van der Waals surface area (Å²) < 4.78 is 11.7. The lowest BCUT2D eigenvalue weighted by Gasteiger charge is -2.37. The summed E-state index contributed by atoms with van der Waals surface area (Å²) >= 11 is 0. The minimum atomic E-state index is 0. The van der Waals surface area contributed by atoms with Crippen LogP contribution >= 0.6 is 24.0 Å². The van der Waals surface area contributed by atoms with Crippen LogP contribution in [0.5, 0.6) is 0 Å². The van der Waals surface area contributed by atoms with Crippen molar-refractivity contribution in [1.29, 1.82) is 0 Å². The van der Waals surface area contributed by atoms with Gasteiger partial charge in [0.2, 0.25) is 5.91 Å². The smallest absolute Gasteiger partial charge is 0.242 e. The van der Waals surface area contributed by atoms with Crippen molar-refractivity contribution in [2.75, 3.05) is 46.4 Å². The van der Waals surface area contributed by atoms with Crippen molar-refractivity contribution in [2.45, 2.75) is 38.5 Å². The molecule has 29 heavy (non-hydrogen) atoms. The first kappa shape index (κ1) is 23.9. The zero-order chi connectivity index (χ0) is 19.8. The standard InChI is InChI=1S/C21H32N4O3.HI/c1-3-24(15-17-8-5-4-6-9-17)20(26)14-23-21(22-2)25-11-13-28-19(16-25)18-10-7-12-27-18;/h4-6,8-9,18-19H,3,7,10-16H2,1-2H3,(H,22,23);1H. The Labute approximate surface area is 190 Å². The summed E-state index contributed by atoms with van der Waals surface area (Å²) in [6.45, 7) is 6.49. The molecule has 2 aliphatic heterocycles. The molecule has 0 aromatic heterocycles. The Morgan fingerprint density at radius 3 is 2.66 bits per heavy atom. The number of hydrogen-bond donors (Lipinski definition) is 1. The van der Waals surface area contributed by atoms with E-state index < -0.39 is 0 Å². The topological polar surface area (TPSA) is 66.4 Å². The molecule has 3 rings (SSSR count). The van der Waals surface area contributed by atoms with Crippen LogP contribution in [0, 0.1) is 0 Å². The van der Waals surface area contributed by atoms with E-state index in [0.717, 1.165) is 44.1 Å².